The Morgan fingerprint density at radius 1 is 1.07 bits per heavy atom. The van der Waals surface area contributed by atoms with Crippen LogP contribution in [0.25, 0.3) is 11.3 Å². The molecule has 0 saturated carbocycles. The third kappa shape index (κ3) is 5.45. The number of benzene rings is 2. The molecule has 0 aliphatic carbocycles. The Balaban J connectivity index is 1.99. The summed E-state index contributed by atoms with van der Waals surface area (Å²) in [6.07, 6.45) is -4.49. The maximum absolute atomic E-state index is 13.2. The molecule has 0 saturated heterocycles. The lowest BCUT2D eigenvalue weighted by molar-refractivity contribution is -0.138. The second-order valence-electron chi connectivity index (χ2n) is 6.37. The van der Waals surface area contributed by atoms with Gasteiger partial charge in [-0.05, 0) is 25.1 Å². The van der Waals surface area contributed by atoms with Gasteiger partial charge in [0.2, 0.25) is 5.95 Å². The van der Waals surface area contributed by atoms with Gasteiger partial charge in [-0.3, -0.25) is 0 Å². The summed E-state index contributed by atoms with van der Waals surface area (Å²) in [6, 6.07) is 14.5. The Labute approximate surface area is 174 Å². The van der Waals surface area contributed by atoms with Gasteiger partial charge in [0.05, 0.1) is 17.9 Å². The monoisotopic (exact) mass is 466 g/mol. The van der Waals surface area contributed by atoms with Crippen molar-refractivity contribution >= 4 is 33.4 Å². The van der Waals surface area contributed by atoms with Gasteiger partial charge in [0.15, 0.2) is 0 Å². The van der Waals surface area contributed by atoms with Gasteiger partial charge in [0.25, 0.3) is 0 Å². The Kier molecular flexibility index (Phi) is 6.39. The Hall–Kier alpha value is -2.65. The van der Waals surface area contributed by atoms with E-state index < -0.39 is 11.7 Å². The summed E-state index contributed by atoms with van der Waals surface area (Å²) in [5, 5.41) is 15.2. The van der Waals surface area contributed by atoms with Crippen molar-refractivity contribution in [1.82, 2.24) is 9.97 Å². The van der Waals surface area contributed by atoms with E-state index in [1.54, 1.807) is 13.0 Å². The lowest BCUT2D eigenvalue weighted by Crippen LogP contribution is -2.21. The SMILES string of the molecule is C[C@@H](CO)Nc1nc(Nc2ccc(Br)c(C(F)(F)F)c2)cc(-c2ccccc2)n1. The van der Waals surface area contributed by atoms with Gasteiger partial charge in [0.1, 0.15) is 5.82 Å². The van der Waals surface area contributed by atoms with Crippen molar-refractivity contribution in [3.8, 4) is 11.3 Å². The summed E-state index contributed by atoms with van der Waals surface area (Å²) in [4.78, 5) is 8.76. The van der Waals surface area contributed by atoms with E-state index in [1.165, 1.54) is 12.1 Å². The van der Waals surface area contributed by atoms with E-state index in [9.17, 15) is 18.3 Å². The first-order valence-corrected chi connectivity index (χ1v) is 9.51. The lowest BCUT2D eigenvalue weighted by atomic mass is 10.1. The number of nitrogens with zero attached hydrogens (tertiary/aromatic N) is 2. The molecule has 0 fully saturated rings. The summed E-state index contributed by atoms with van der Waals surface area (Å²) in [7, 11) is 0. The smallest absolute Gasteiger partial charge is 0.394 e. The first-order chi connectivity index (χ1) is 13.8. The molecule has 1 aromatic heterocycles. The van der Waals surface area contributed by atoms with Gasteiger partial charge >= 0.3 is 6.18 Å². The summed E-state index contributed by atoms with van der Waals surface area (Å²) in [5.74, 6) is 0.575. The molecule has 0 aliphatic rings. The maximum atomic E-state index is 13.2. The number of halogens is 4. The minimum absolute atomic E-state index is 0.0395. The molecule has 152 valence electrons. The minimum Gasteiger partial charge on any atom is -0.394 e. The third-order valence-corrected chi connectivity index (χ3v) is 4.68. The molecule has 1 heterocycles. The van der Waals surface area contributed by atoms with Crippen LogP contribution in [0.4, 0.5) is 30.6 Å². The predicted molar refractivity (Wildman–Crippen MR) is 110 cm³/mol. The van der Waals surface area contributed by atoms with Crippen LogP contribution in [-0.2, 0) is 6.18 Å². The number of hydrogen-bond acceptors (Lipinski definition) is 5. The standard InChI is InChI=1S/C20H18BrF3N4O/c1-12(11-29)25-19-27-17(13-5-3-2-4-6-13)10-18(28-19)26-14-7-8-16(21)15(9-14)20(22,23)24/h2-10,12,29H,11H2,1H3,(H2,25,26,27,28)/t12-/m0/s1. The number of aromatic nitrogens is 2. The number of aliphatic hydroxyl groups excluding tert-OH is 1. The highest BCUT2D eigenvalue weighted by molar-refractivity contribution is 9.10. The topological polar surface area (TPSA) is 70.1 Å². The highest BCUT2D eigenvalue weighted by atomic mass is 79.9. The third-order valence-electron chi connectivity index (χ3n) is 3.99. The average Bonchev–Trinajstić information content (AvgIpc) is 2.69. The minimum atomic E-state index is -4.49. The highest BCUT2D eigenvalue weighted by Gasteiger charge is 2.33. The zero-order chi connectivity index (χ0) is 21.0. The van der Waals surface area contributed by atoms with E-state index in [4.69, 9.17) is 0 Å². The van der Waals surface area contributed by atoms with E-state index in [0.29, 0.717) is 11.5 Å². The van der Waals surface area contributed by atoms with Crippen LogP contribution in [0.1, 0.15) is 12.5 Å². The van der Waals surface area contributed by atoms with Crippen LogP contribution in [0.2, 0.25) is 0 Å². The zero-order valence-electron chi connectivity index (χ0n) is 15.3. The molecule has 0 unspecified atom stereocenters. The number of alkyl halides is 3. The molecule has 0 spiro atoms. The van der Waals surface area contributed by atoms with Crippen molar-refractivity contribution in [3.05, 3.63) is 64.6 Å². The first kappa shape index (κ1) is 21.1. The van der Waals surface area contributed by atoms with Crippen LogP contribution in [0.5, 0.6) is 0 Å². The molecule has 3 aromatic rings. The molecule has 1 atom stereocenters. The van der Waals surface area contributed by atoms with Gasteiger partial charge in [-0.25, -0.2) is 4.98 Å². The van der Waals surface area contributed by atoms with Crippen LogP contribution in [0, 0.1) is 0 Å². The largest absolute Gasteiger partial charge is 0.417 e. The van der Waals surface area contributed by atoms with Crippen molar-refractivity contribution in [1.29, 1.82) is 0 Å². The van der Waals surface area contributed by atoms with E-state index in [1.807, 2.05) is 30.3 Å². The molecule has 0 bridgehead atoms. The molecule has 0 amide bonds. The van der Waals surface area contributed by atoms with Gasteiger partial charge in [-0.15, -0.1) is 0 Å². The van der Waals surface area contributed by atoms with Crippen LogP contribution in [0.15, 0.2) is 59.1 Å². The number of hydrogen-bond donors (Lipinski definition) is 3. The van der Waals surface area contributed by atoms with Gasteiger partial charge in [-0.2, -0.15) is 18.2 Å². The lowest BCUT2D eigenvalue weighted by Gasteiger charge is -2.15. The van der Waals surface area contributed by atoms with Crippen LogP contribution < -0.4 is 10.6 Å². The molecule has 29 heavy (non-hydrogen) atoms. The maximum Gasteiger partial charge on any atom is 0.417 e. The molecule has 3 rings (SSSR count). The van der Waals surface area contributed by atoms with E-state index in [0.717, 1.165) is 11.6 Å². The summed E-state index contributed by atoms with van der Waals surface area (Å²) < 4.78 is 39.5. The van der Waals surface area contributed by atoms with Crippen molar-refractivity contribution in [2.24, 2.45) is 0 Å². The van der Waals surface area contributed by atoms with Crippen molar-refractivity contribution < 1.29 is 18.3 Å². The Morgan fingerprint density at radius 3 is 2.45 bits per heavy atom. The molecular weight excluding hydrogens is 449 g/mol. The molecule has 0 aliphatic heterocycles. The summed E-state index contributed by atoms with van der Waals surface area (Å²) >= 11 is 2.93. The molecule has 3 N–H and O–H groups in total. The average molecular weight is 467 g/mol. The van der Waals surface area contributed by atoms with E-state index >= 15 is 0 Å². The fourth-order valence-corrected chi connectivity index (χ4v) is 3.04. The Morgan fingerprint density at radius 2 is 1.79 bits per heavy atom. The van der Waals surface area contributed by atoms with Crippen molar-refractivity contribution in [2.75, 3.05) is 17.2 Å². The predicted octanol–water partition coefficient (Wildman–Crippen LogP) is 5.46. The summed E-state index contributed by atoms with van der Waals surface area (Å²) in [5.41, 5.74) is 0.861. The molecular formula is C20H18BrF3N4O. The van der Waals surface area contributed by atoms with Crippen LogP contribution in [-0.4, -0.2) is 27.7 Å². The fraction of sp³-hybridized carbons (Fsp3) is 0.200. The van der Waals surface area contributed by atoms with Crippen molar-refractivity contribution in [3.63, 3.8) is 0 Å². The highest BCUT2D eigenvalue weighted by Crippen LogP contribution is 2.37. The van der Waals surface area contributed by atoms with Gasteiger partial charge in [0, 0.05) is 27.8 Å². The van der Waals surface area contributed by atoms with Crippen LogP contribution in [0.3, 0.4) is 0 Å². The number of aliphatic hydroxyl groups is 1. The summed E-state index contributed by atoms with van der Waals surface area (Å²) in [6.45, 7) is 1.64. The second-order valence-corrected chi connectivity index (χ2v) is 7.23. The number of nitrogens with one attached hydrogen (secondary N) is 2. The van der Waals surface area contributed by atoms with E-state index in [-0.39, 0.29) is 28.8 Å². The quantitative estimate of drug-likeness (QED) is 0.449. The zero-order valence-corrected chi connectivity index (χ0v) is 16.9. The fourth-order valence-electron chi connectivity index (χ4n) is 2.57. The second kappa shape index (κ2) is 8.79. The van der Waals surface area contributed by atoms with Crippen LogP contribution >= 0.6 is 15.9 Å². The van der Waals surface area contributed by atoms with Crippen molar-refractivity contribution in [2.45, 2.75) is 19.1 Å². The Bertz CT molecular complexity index is 983. The number of anilines is 3. The van der Waals surface area contributed by atoms with Gasteiger partial charge < -0.3 is 15.7 Å². The number of rotatable bonds is 6. The first-order valence-electron chi connectivity index (χ1n) is 8.72. The molecule has 5 nitrogen and oxygen atoms in total. The molecule has 2 aromatic carbocycles. The molecule has 0 radical (unpaired) electrons. The van der Waals surface area contributed by atoms with E-state index in [2.05, 4.69) is 36.5 Å². The molecule has 9 heteroatoms. The normalized spacial score (nSPS) is 12.5. The van der Waals surface area contributed by atoms with Gasteiger partial charge in [-0.1, -0.05) is 46.3 Å².